The molecule has 2 aromatic rings. The fourth-order valence-electron chi connectivity index (χ4n) is 2.74. The molecule has 2 heterocycles. The number of aromatic nitrogens is 1. The highest BCUT2D eigenvalue weighted by Crippen LogP contribution is 2.37. The number of anilines is 2. The van der Waals surface area contributed by atoms with Gasteiger partial charge in [-0.25, -0.2) is 4.98 Å². The van der Waals surface area contributed by atoms with E-state index in [0.717, 1.165) is 41.9 Å². The van der Waals surface area contributed by atoms with E-state index >= 15 is 0 Å². The highest BCUT2D eigenvalue weighted by atomic mass is 16.3. The monoisotopic (exact) mass is 280 g/mol. The molecule has 21 heavy (non-hydrogen) atoms. The summed E-state index contributed by atoms with van der Waals surface area (Å²) in [4.78, 5) is 6.65. The summed E-state index contributed by atoms with van der Waals surface area (Å²) in [6, 6.07) is 14.1. The molecule has 0 amide bonds. The van der Waals surface area contributed by atoms with Crippen LogP contribution in [0.3, 0.4) is 0 Å². The molecule has 1 aromatic carbocycles. The summed E-state index contributed by atoms with van der Waals surface area (Å²) in [7, 11) is 0. The van der Waals surface area contributed by atoms with Crippen molar-refractivity contribution >= 4 is 17.3 Å². The van der Waals surface area contributed by atoms with E-state index in [1.807, 2.05) is 30.3 Å². The molecule has 0 unspecified atom stereocenters. The zero-order valence-corrected chi connectivity index (χ0v) is 12.3. The standard InChI is InChI=1S/C18H20N2O/c1-2-3-8-14-13-20(15-9-5-4-6-10-15)18-16(17(14)21)11-7-12-19-18/h4-7,9-12,21H,2-3,8,13H2,1H3. The van der Waals surface area contributed by atoms with Gasteiger partial charge in [0, 0.05) is 18.4 Å². The van der Waals surface area contributed by atoms with Gasteiger partial charge in [0.2, 0.25) is 0 Å². The Bertz CT molecular complexity index is 649. The van der Waals surface area contributed by atoms with Crippen LogP contribution in [0.1, 0.15) is 31.7 Å². The Morgan fingerprint density at radius 3 is 2.71 bits per heavy atom. The first kappa shape index (κ1) is 13.7. The molecule has 0 saturated heterocycles. The van der Waals surface area contributed by atoms with Crippen LogP contribution in [0.4, 0.5) is 11.5 Å². The smallest absolute Gasteiger partial charge is 0.144 e. The third-order valence-electron chi connectivity index (χ3n) is 3.88. The average Bonchev–Trinajstić information content (AvgIpc) is 2.55. The molecule has 0 saturated carbocycles. The summed E-state index contributed by atoms with van der Waals surface area (Å²) >= 11 is 0. The molecule has 0 fully saturated rings. The molecule has 0 aliphatic carbocycles. The Balaban J connectivity index is 2.04. The minimum atomic E-state index is 0.415. The molecule has 3 rings (SSSR count). The maximum absolute atomic E-state index is 10.5. The quantitative estimate of drug-likeness (QED) is 0.882. The SMILES string of the molecule is CCCCC1=C(O)c2cccnc2N(c2ccccc2)C1. The van der Waals surface area contributed by atoms with Crippen molar-refractivity contribution < 1.29 is 5.11 Å². The number of rotatable bonds is 4. The predicted molar refractivity (Wildman–Crippen MR) is 86.8 cm³/mol. The normalized spacial score (nSPS) is 14.2. The first-order chi connectivity index (χ1) is 10.3. The number of benzene rings is 1. The number of unbranched alkanes of at least 4 members (excludes halogenated alkanes) is 1. The number of nitrogens with zero attached hydrogens (tertiary/aromatic N) is 2. The van der Waals surface area contributed by atoms with Crippen molar-refractivity contribution in [2.24, 2.45) is 0 Å². The predicted octanol–water partition coefficient (Wildman–Crippen LogP) is 4.69. The van der Waals surface area contributed by atoms with Gasteiger partial charge in [-0.1, -0.05) is 31.5 Å². The van der Waals surface area contributed by atoms with Crippen LogP contribution in [0.15, 0.2) is 54.2 Å². The Labute approximate surface area is 125 Å². The van der Waals surface area contributed by atoms with Crippen LogP contribution in [0.2, 0.25) is 0 Å². The van der Waals surface area contributed by atoms with E-state index in [9.17, 15) is 5.11 Å². The van der Waals surface area contributed by atoms with Crippen LogP contribution in [0.5, 0.6) is 0 Å². The van der Waals surface area contributed by atoms with Crippen LogP contribution < -0.4 is 4.90 Å². The molecule has 3 nitrogen and oxygen atoms in total. The lowest BCUT2D eigenvalue weighted by atomic mass is 9.98. The van der Waals surface area contributed by atoms with Gasteiger partial charge in [0.05, 0.1) is 5.56 Å². The van der Waals surface area contributed by atoms with Gasteiger partial charge in [0.15, 0.2) is 0 Å². The second-order valence-corrected chi connectivity index (χ2v) is 5.35. The molecule has 0 spiro atoms. The third kappa shape index (κ3) is 2.64. The van der Waals surface area contributed by atoms with Crippen molar-refractivity contribution in [2.75, 3.05) is 11.4 Å². The molecule has 108 valence electrons. The summed E-state index contributed by atoms with van der Waals surface area (Å²) in [5, 5.41) is 10.5. The van der Waals surface area contributed by atoms with Crippen molar-refractivity contribution in [3.05, 3.63) is 59.8 Å². The van der Waals surface area contributed by atoms with Crippen molar-refractivity contribution in [3.8, 4) is 0 Å². The third-order valence-corrected chi connectivity index (χ3v) is 3.88. The molecule has 3 heteroatoms. The van der Waals surface area contributed by atoms with Crippen molar-refractivity contribution in [2.45, 2.75) is 26.2 Å². The van der Waals surface area contributed by atoms with Crippen LogP contribution in [0, 0.1) is 0 Å². The summed E-state index contributed by atoms with van der Waals surface area (Å²) < 4.78 is 0. The van der Waals surface area contributed by atoms with E-state index in [4.69, 9.17) is 0 Å². The van der Waals surface area contributed by atoms with Gasteiger partial charge >= 0.3 is 0 Å². The second kappa shape index (κ2) is 6.00. The number of fused-ring (bicyclic) bond motifs is 1. The summed E-state index contributed by atoms with van der Waals surface area (Å²) in [5.41, 5.74) is 3.04. The van der Waals surface area contributed by atoms with E-state index in [2.05, 4.69) is 28.9 Å². The van der Waals surface area contributed by atoms with E-state index in [1.165, 1.54) is 0 Å². The maximum atomic E-state index is 10.5. The van der Waals surface area contributed by atoms with E-state index in [-0.39, 0.29) is 0 Å². The van der Waals surface area contributed by atoms with Crippen LogP contribution in [0.25, 0.3) is 5.76 Å². The maximum Gasteiger partial charge on any atom is 0.144 e. The fourth-order valence-corrected chi connectivity index (χ4v) is 2.74. The van der Waals surface area contributed by atoms with Gasteiger partial charge in [0.25, 0.3) is 0 Å². The molecule has 1 N–H and O–H groups in total. The molecule has 1 aliphatic rings. The molecule has 0 bridgehead atoms. The zero-order chi connectivity index (χ0) is 14.7. The average molecular weight is 280 g/mol. The summed E-state index contributed by atoms with van der Waals surface area (Å²) in [6.45, 7) is 2.88. The highest BCUT2D eigenvalue weighted by molar-refractivity contribution is 5.80. The molecule has 1 aliphatic heterocycles. The van der Waals surface area contributed by atoms with Crippen molar-refractivity contribution in [1.29, 1.82) is 0 Å². The van der Waals surface area contributed by atoms with E-state index in [0.29, 0.717) is 12.3 Å². The molecular formula is C18H20N2O. The first-order valence-electron chi connectivity index (χ1n) is 7.50. The summed E-state index contributed by atoms with van der Waals surface area (Å²) in [6.07, 6.45) is 4.93. The lowest BCUT2D eigenvalue weighted by Gasteiger charge is -2.31. The minimum absolute atomic E-state index is 0.415. The number of hydrogen-bond acceptors (Lipinski definition) is 3. The Kier molecular flexibility index (Phi) is 3.91. The van der Waals surface area contributed by atoms with E-state index in [1.54, 1.807) is 6.20 Å². The summed E-state index contributed by atoms with van der Waals surface area (Å²) in [5.74, 6) is 1.25. The number of pyridine rings is 1. The second-order valence-electron chi connectivity index (χ2n) is 5.35. The fraction of sp³-hybridized carbons (Fsp3) is 0.278. The number of para-hydroxylation sites is 1. The largest absolute Gasteiger partial charge is 0.507 e. The van der Waals surface area contributed by atoms with Gasteiger partial charge in [-0.2, -0.15) is 0 Å². The Morgan fingerprint density at radius 1 is 1.14 bits per heavy atom. The Hall–Kier alpha value is -2.29. The van der Waals surface area contributed by atoms with Gasteiger partial charge in [-0.15, -0.1) is 0 Å². The number of hydrogen-bond donors (Lipinski definition) is 1. The van der Waals surface area contributed by atoms with Crippen LogP contribution in [-0.4, -0.2) is 16.6 Å². The minimum Gasteiger partial charge on any atom is -0.507 e. The molecular weight excluding hydrogens is 260 g/mol. The van der Waals surface area contributed by atoms with Crippen LogP contribution >= 0.6 is 0 Å². The van der Waals surface area contributed by atoms with Crippen LogP contribution in [-0.2, 0) is 0 Å². The van der Waals surface area contributed by atoms with Gasteiger partial charge in [0.1, 0.15) is 11.6 Å². The lowest BCUT2D eigenvalue weighted by Crippen LogP contribution is -2.26. The van der Waals surface area contributed by atoms with Gasteiger partial charge < -0.3 is 10.0 Å². The topological polar surface area (TPSA) is 36.4 Å². The number of aliphatic hydroxyl groups is 1. The van der Waals surface area contributed by atoms with Gasteiger partial charge in [-0.3, -0.25) is 0 Å². The molecule has 1 aromatic heterocycles. The first-order valence-corrected chi connectivity index (χ1v) is 7.50. The highest BCUT2D eigenvalue weighted by Gasteiger charge is 2.25. The zero-order valence-electron chi connectivity index (χ0n) is 12.3. The molecule has 0 radical (unpaired) electrons. The van der Waals surface area contributed by atoms with Crippen molar-refractivity contribution in [1.82, 2.24) is 4.98 Å². The number of aliphatic hydroxyl groups excluding tert-OH is 1. The van der Waals surface area contributed by atoms with Crippen molar-refractivity contribution in [3.63, 3.8) is 0 Å². The van der Waals surface area contributed by atoms with Gasteiger partial charge in [-0.05, 0) is 42.7 Å². The Morgan fingerprint density at radius 2 is 1.95 bits per heavy atom. The molecule has 0 atom stereocenters. The lowest BCUT2D eigenvalue weighted by molar-refractivity contribution is 0.497. The van der Waals surface area contributed by atoms with E-state index < -0.39 is 0 Å².